The molecule has 1 amide bonds. The van der Waals surface area contributed by atoms with Gasteiger partial charge in [-0.25, -0.2) is 14.4 Å². The van der Waals surface area contributed by atoms with Crippen LogP contribution in [0.3, 0.4) is 0 Å². The van der Waals surface area contributed by atoms with Gasteiger partial charge in [-0.05, 0) is 50.2 Å². The SMILES string of the molecule is O=C(OCCCCl)Oc1ccc2c3c1O[C@H]1C(=O)CCC4(OC(=O)OCCCCl)[C@@H](C2)N(C(=O)OCCCCl)CC[C@]314. The number of amides is 1. The molecule has 4 atom stereocenters. The van der Waals surface area contributed by atoms with Gasteiger partial charge >= 0.3 is 18.4 Å². The molecule has 1 saturated carbocycles. The van der Waals surface area contributed by atoms with Crippen LogP contribution in [0.5, 0.6) is 11.5 Å². The molecule has 1 aromatic carbocycles. The Morgan fingerprint density at radius 1 is 0.929 bits per heavy atom. The first kappa shape index (κ1) is 30.8. The third-order valence-electron chi connectivity index (χ3n) is 8.39. The zero-order valence-electron chi connectivity index (χ0n) is 22.9. The lowest BCUT2D eigenvalue weighted by Gasteiger charge is -2.62. The predicted molar refractivity (Wildman–Crippen MR) is 150 cm³/mol. The van der Waals surface area contributed by atoms with E-state index in [4.69, 9.17) is 63.2 Å². The molecule has 2 aliphatic heterocycles. The Hall–Kier alpha value is -2.63. The van der Waals surface area contributed by atoms with Gasteiger partial charge in [0.25, 0.3) is 0 Å². The normalized spacial score (nSPS) is 26.5. The molecule has 2 fully saturated rings. The Morgan fingerprint density at radius 3 is 2.29 bits per heavy atom. The Balaban J connectivity index is 1.57. The van der Waals surface area contributed by atoms with Gasteiger partial charge in [0.15, 0.2) is 29.0 Å². The van der Waals surface area contributed by atoms with Gasteiger partial charge in [0.05, 0.1) is 31.3 Å². The van der Waals surface area contributed by atoms with Crippen LogP contribution >= 0.6 is 34.8 Å². The maximum Gasteiger partial charge on any atom is 0.513 e. The second-order valence-corrected chi connectivity index (χ2v) is 11.7. The van der Waals surface area contributed by atoms with Crippen molar-refractivity contribution >= 4 is 59.0 Å². The quantitative estimate of drug-likeness (QED) is 0.105. The first-order chi connectivity index (χ1) is 20.3. The van der Waals surface area contributed by atoms with Crippen LogP contribution in [0.2, 0.25) is 0 Å². The zero-order chi connectivity index (χ0) is 29.9. The zero-order valence-corrected chi connectivity index (χ0v) is 25.1. The van der Waals surface area contributed by atoms with E-state index in [1.165, 1.54) is 0 Å². The van der Waals surface area contributed by atoms with Crippen molar-refractivity contribution < 1.29 is 47.6 Å². The van der Waals surface area contributed by atoms with E-state index in [1.54, 1.807) is 17.0 Å². The Labute approximate surface area is 257 Å². The average Bonchev–Trinajstić information content (AvgIpc) is 3.32. The van der Waals surface area contributed by atoms with Gasteiger partial charge in [0.2, 0.25) is 0 Å². The molecule has 2 bridgehead atoms. The summed E-state index contributed by atoms with van der Waals surface area (Å²) in [6, 6.07) is 2.66. The molecule has 5 rings (SSSR count). The molecule has 4 aliphatic rings. The van der Waals surface area contributed by atoms with Crippen molar-refractivity contribution in [2.45, 2.75) is 68.1 Å². The number of rotatable bonds is 11. The van der Waals surface area contributed by atoms with Crippen molar-refractivity contribution in [1.29, 1.82) is 0 Å². The summed E-state index contributed by atoms with van der Waals surface area (Å²) in [5.41, 5.74) is -1.13. The predicted octanol–water partition coefficient (Wildman–Crippen LogP) is 5.11. The second kappa shape index (κ2) is 12.9. The van der Waals surface area contributed by atoms with Gasteiger partial charge in [-0.1, -0.05) is 6.07 Å². The highest BCUT2D eigenvalue weighted by atomic mass is 35.5. The Morgan fingerprint density at radius 2 is 1.60 bits per heavy atom. The lowest BCUT2D eigenvalue weighted by molar-refractivity contribution is -0.192. The third-order valence-corrected chi connectivity index (χ3v) is 9.20. The summed E-state index contributed by atoms with van der Waals surface area (Å²) in [4.78, 5) is 54.0. The highest BCUT2D eigenvalue weighted by molar-refractivity contribution is 6.18. The van der Waals surface area contributed by atoms with Crippen LogP contribution in [0, 0.1) is 0 Å². The largest absolute Gasteiger partial charge is 0.513 e. The number of ether oxygens (including phenoxy) is 6. The van der Waals surface area contributed by atoms with Crippen molar-refractivity contribution in [3.63, 3.8) is 0 Å². The molecule has 2 aliphatic carbocycles. The molecule has 0 radical (unpaired) electrons. The standard InChI is InChI=1S/C28H32Cl3NO10/c29-9-1-13-37-24(34)32-12-8-27-21-17-4-5-19(40-25(35)38-14-2-10-30)22(21)41-23(27)18(33)6-7-28(27,20(32)16-17)42-26(36)39-15-3-11-31/h4-5,20,23H,1-3,6-16H2/t20-,23+,27+,28?/m1/s1. The molecule has 2 heterocycles. The number of benzene rings is 1. The summed E-state index contributed by atoms with van der Waals surface area (Å²) in [7, 11) is 0. The highest BCUT2D eigenvalue weighted by Crippen LogP contribution is 2.66. The summed E-state index contributed by atoms with van der Waals surface area (Å²) < 4.78 is 34.0. The lowest BCUT2D eigenvalue weighted by Crippen LogP contribution is -2.78. The Kier molecular flexibility index (Phi) is 9.49. The maximum atomic E-state index is 13.5. The first-order valence-corrected chi connectivity index (χ1v) is 15.6. The number of carbonyl (C=O) groups is 4. The third kappa shape index (κ3) is 5.21. The number of halogens is 3. The summed E-state index contributed by atoms with van der Waals surface area (Å²) in [6.45, 7) is 0.479. The van der Waals surface area contributed by atoms with Gasteiger partial charge < -0.3 is 33.3 Å². The number of hydrogen-bond acceptors (Lipinski definition) is 10. The molecule has 0 N–H and O–H groups in total. The Bertz CT molecular complexity index is 1230. The van der Waals surface area contributed by atoms with E-state index in [9.17, 15) is 19.2 Å². The lowest BCUT2D eigenvalue weighted by atomic mass is 9.49. The number of alkyl halides is 3. The molecule has 1 spiro atoms. The van der Waals surface area contributed by atoms with Crippen molar-refractivity contribution in [3.8, 4) is 11.5 Å². The fourth-order valence-corrected chi connectivity index (χ4v) is 7.14. The number of ketones is 1. The van der Waals surface area contributed by atoms with Crippen LogP contribution < -0.4 is 9.47 Å². The summed E-state index contributed by atoms with van der Waals surface area (Å²) in [5.74, 6) is 1.08. The molecule has 230 valence electrons. The minimum absolute atomic E-state index is 0.0347. The van der Waals surface area contributed by atoms with Crippen LogP contribution in [0.4, 0.5) is 14.4 Å². The van der Waals surface area contributed by atoms with Crippen molar-refractivity contribution in [2.24, 2.45) is 0 Å². The van der Waals surface area contributed by atoms with Crippen LogP contribution in [-0.4, -0.2) is 90.8 Å². The van der Waals surface area contributed by atoms with Gasteiger partial charge in [-0.15, -0.1) is 34.8 Å². The summed E-state index contributed by atoms with van der Waals surface area (Å²) in [5, 5.41) is 0. The van der Waals surface area contributed by atoms with Gasteiger partial charge in [0, 0.05) is 36.2 Å². The van der Waals surface area contributed by atoms with E-state index in [2.05, 4.69) is 0 Å². The van der Waals surface area contributed by atoms with Crippen LogP contribution in [0.1, 0.15) is 49.7 Å². The molecule has 42 heavy (non-hydrogen) atoms. The van der Waals surface area contributed by atoms with Crippen LogP contribution in [0.25, 0.3) is 0 Å². The van der Waals surface area contributed by atoms with Crippen molar-refractivity contribution in [2.75, 3.05) is 44.0 Å². The van der Waals surface area contributed by atoms with E-state index < -0.39 is 41.6 Å². The smallest absolute Gasteiger partial charge is 0.477 e. The molecule has 0 aromatic heterocycles. The molecule has 11 nitrogen and oxygen atoms in total. The molecular formula is C28H32Cl3NO10. The van der Waals surface area contributed by atoms with Crippen LogP contribution in [-0.2, 0) is 35.6 Å². The van der Waals surface area contributed by atoms with Crippen LogP contribution in [0.15, 0.2) is 12.1 Å². The molecule has 1 saturated heterocycles. The van der Waals surface area contributed by atoms with E-state index in [0.717, 1.165) is 5.56 Å². The van der Waals surface area contributed by atoms with Gasteiger partial charge in [-0.3, -0.25) is 4.79 Å². The summed E-state index contributed by atoms with van der Waals surface area (Å²) in [6.07, 6.45) is -1.43. The fraction of sp³-hybridized carbons (Fsp3) is 0.643. The van der Waals surface area contributed by atoms with E-state index in [1.807, 2.05) is 0 Å². The number of piperidine rings is 1. The first-order valence-electron chi connectivity index (χ1n) is 14.0. The number of likely N-dealkylation sites (tertiary alicyclic amines) is 1. The highest BCUT2D eigenvalue weighted by Gasteiger charge is 2.76. The number of hydrogen-bond donors (Lipinski definition) is 0. The minimum atomic E-state index is -1.38. The minimum Gasteiger partial charge on any atom is -0.477 e. The van der Waals surface area contributed by atoms with E-state index in [0.29, 0.717) is 42.5 Å². The molecule has 14 heteroatoms. The molecule has 1 aromatic rings. The summed E-state index contributed by atoms with van der Waals surface area (Å²) >= 11 is 17.2. The van der Waals surface area contributed by atoms with Crippen molar-refractivity contribution in [3.05, 3.63) is 23.3 Å². The number of carbonyl (C=O) groups excluding carboxylic acids is 4. The van der Waals surface area contributed by atoms with E-state index >= 15 is 0 Å². The van der Waals surface area contributed by atoms with Crippen molar-refractivity contribution in [1.82, 2.24) is 4.90 Å². The maximum absolute atomic E-state index is 13.5. The van der Waals surface area contributed by atoms with Gasteiger partial charge in [0.1, 0.15) is 0 Å². The molecular weight excluding hydrogens is 617 g/mol. The number of Topliss-reactive ketones (excluding diaryl/α,β-unsaturated/α-hetero) is 1. The monoisotopic (exact) mass is 647 g/mol. The topological polar surface area (TPSA) is 127 Å². The second-order valence-electron chi connectivity index (χ2n) is 10.6. The number of nitrogens with zero attached hydrogens (tertiary/aromatic N) is 1. The van der Waals surface area contributed by atoms with E-state index in [-0.39, 0.29) is 69.3 Å². The fourth-order valence-electron chi connectivity index (χ4n) is 6.81. The average molecular weight is 649 g/mol. The van der Waals surface area contributed by atoms with Gasteiger partial charge in [-0.2, -0.15) is 0 Å². The molecule has 1 unspecified atom stereocenters.